The zero-order valence-corrected chi connectivity index (χ0v) is 28.9. The highest BCUT2D eigenvalue weighted by molar-refractivity contribution is 6.37. The summed E-state index contributed by atoms with van der Waals surface area (Å²) in [6.07, 6.45) is 0. The number of benzene rings is 9. The molecule has 0 aliphatic heterocycles. The van der Waals surface area contributed by atoms with Gasteiger partial charge in [-0.25, -0.2) is 0 Å². The molecule has 0 radical (unpaired) electrons. The van der Waals surface area contributed by atoms with Crippen LogP contribution < -0.4 is 4.90 Å². The van der Waals surface area contributed by atoms with Gasteiger partial charge in [-0.2, -0.15) is 0 Å². The van der Waals surface area contributed by atoms with Crippen molar-refractivity contribution in [1.29, 1.82) is 0 Å². The van der Waals surface area contributed by atoms with E-state index in [1.54, 1.807) is 0 Å². The van der Waals surface area contributed by atoms with Crippen molar-refractivity contribution in [3.8, 4) is 0 Å². The molecule has 0 saturated heterocycles. The van der Waals surface area contributed by atoms with Gasteiger partial charge < -0.3 is 13.7 Å². The third kappa shape index (κ3) is 4.08. The molecule has 3 nitrogen and oxygen atoms in total. The van der Waals surface area contributed by atoms with Gasteiger partial charge in [0, 0.05) is 44.1 Å². The van der Waals surface area contributed by atoms with Gasteiger partial charge in [0.05, 0.1) is 11.4 Å². The second-order valence-electron chi connectivity index (χ2n) is 14.2. The lowest BCUT2D eigenvalue weighted by atomic mass is 9.91. The van der Waals surface area contributed by atoms with Crippen molar-refractivity contribution in [2.24, 2.45) is 0 Å². The molecule has 9 aromatic carbocycles. The molecule has 11 aromatic rings. The highest BCUT2D eigenvalue weighted by Crippen LogP contribution is 2.49. The molecule has 3 heteroatoms. The van der Waals surface area contributed by atoms with Crippen LogP contribution in [0.15, 0.2) is 167 Å². The van der Waals surface area contributed by atoms with Crippen molar-refractivity contribution >= 4 is 104 Å². The van der Waals surface area contributed by atoms with Gasteiger partial charge in [-0.3, -0.25) is 0 Å². The molecular weight excluding hydrogens is 635 g/mol. The first-order valence-electron chi connectivity index (χ1n) is 18.0. The minimum atomic E-state index is 0.428. The molecule has 2 aromatic heterocycles. The minimum Gasteiger partial charge on any atom is -0.456 e. The highest BCUT2D eigenvalue weighted by atomic mass is 16.3. The van der Waals surface area contributed by atoms with Crippen molar-refractivity contribution in [2.75, 3.05) is 4.90 Å². The van der Waals surface area contributed by atoms with Crippen LogP contribution in [-0.2, 0) is 0 Å². The van der Waals surface area contributed by atoms with E-state index in [0.717, 1.165) is 71.7 Å². The summed E-state index contributed by atoms with van der Waals surface area (Å²) in [6.45, 7) is 4.47. The number of nitrogens with zero attached hydrogens (tertiary/aromatic N) is 1. The first kappa shape index (κ1) is 29.2. The Labute approximate surface area is 299 Å². The second kappa shape index (κ2) is 11.0. The summed E-state index contributed by atoms with van der Waals surface area (Å²) in [6, 6.07) is 56.7. The van der Waals surface area contributed by atoms with Crippen LogP contribution >= 0.6 is 0 Å². The molecule has 52 heavy (non-hydrogen) atoms. The largest absolute Gasteiger partial charge is 0.456 e. The Morgan fingerprint density at radius 2 is 0.962 bits per heavy atom. The number of furan rings is 2. The van der Waals surface area contributed by atoms with Gasteiger partial charge in [0.25, 0.3) is 0 Å². The molecule has 0 saturated carbocycles. The number of para-hydroxylation sites is 2. The third-order valence-electron chi connectivity index (χ3n) is 11.0. The highest BCUT2D eigenvalue weighted by Gasteiger charge is 2.25. The molecule has 0 unspecified atom stereocenters. The van der Waals surface area contributed by atoms with Crippen LogP contribution in [0, 0.1) is 0 Å². The maximum absolute atomic E-state index is 6.93. The minimum absolute atomic E-state index is 0.428. The Kier molecular flexibility index (Phi) is 6.15. The van der Waals surface area contributed by atoms with Gasteiger partial charge in [0.1, 0.15) is 16.7 Å². The standard InChI is InChI=1S/C49H33NO2/c1-29(2)30-22-24-31(25-23-30)50(41-20-11-19-40-36-16-9-10-21-43(36)52-49(40)41)42-28-45-47(38-18-8-6-15-35(38)42)48-44(51-45)27-26-39-34-14-4-3-12-32(34)33-13-5-7-17-37(33)46(39)48/h3-29H,1-2H3. The molecule has 0 bridgehead atoms. The number of anilines is 3. The fourth-order valence-corrected chi connectivity index (χ4v) is 8.61. The lowest BCUT2D eigenvalue weighted by Gasteiger charge is -2.27. The molecule has 11 rings (SSSR count). The summed E-state index contributed by atoms with van der Waals surface area (Å²) in [7, 11) is 0. The lowest BCUT2D eigenvalue weighted by molar-refractivity contribution is 0.668. The van der Waals surface area contributed by atoms with Crippen LogP contribution in [0.5, 0.6) is 0 Å². The maximum atomic E-state index is 6.93. The average molecular weight is 668 g/mol. The van der Waals surface area contributed by atoms with Crippen molar-refractivity contribution in [3.05, 3.63) is 163 Å². The van der Waals surface area contributed by atoms with Crippen molar-refractivity contribution in [2.45, 2.75) is 19.8 Å². The third-order valence-corrected chi connectivity index (χ3v) is 11.0. The van der Waals surface area contributed by atoms with Gasteiger partial charge in [-0.05, 0) is 80.2 Å². The predicted octanol–water partition coefficient (Wildman–Crippen LogP) is 14.7. The topological polar surface area (TPSA) is 29.5 Å². The van der Waals surface area contributed by atoms with E-state index < -0.39 is 0 Å². The van der Waals surface area contributed by atoms with E-state index in [1.807, 2.05) is 12.1 Å². The van der Waals surface area contributed by atoms with E-state index in [2.05, 4.69) is 164 Å². The second-order valence-corrected chi connectivity index (χ2v) is 14.2. The smallest absolute Gasteiger partial charge is 0.159 e. The van der Waals surface area contributed by atoms with Crippen LogP contribution in [0.2, 0.25) is 0 Å². The molecule has 0 aliphatic rings. The summed E-state index contributed by atoms with van der Waals surface area (Å²) in [5, 5.41) is 14.3. The zero-order chi connectivity index (χ0) is 34.5. The van der Waals surface area contributed by atoms with Crippen molar-refractivity contribution in [3.63, 3.8) is 0 Å². The van der Waals surface area contributed by atoms with E-state index in [-0.39, 0.29) is 0 Å². The Bertz CT molecular complexity index is 3180. The van der Waals surface area contributed by atoms with E-state index in [9.17, 15) is 0 Å². The molecule has 0 amide bonds. The Morgan fingerprint density at radius 1 is 0.385 bits per heavy atom. The molecule has 0 spiro atoms. The first-order chi connectivity index (χ1) is 25.6. The zero-order valence-electron chi connectivity index (χ0n) is 28.9. The number of rotatable bonds is 4. The van der Waals surface area contributed by atoms with Gasteiger partial charge in [-0.1, -0.05) is 129 Å². The van der Waals surface area contributed by atoms with Gasteiger partial charge in [-0.15, -0.1) is 0 Å². The van der Waals surface area contributed by atoms with Crippen LogP contribution in [-0.4, -0.2) is 0 Å². The van der Waals surface area contributed by atoms with Gasteiger partial charge >= 0.3 is 0 Å². The fraction of sp³-hybridized carbons (Fsp3) is 0.0612. The molecule has 2 heterocycles. The number of hydrogen-bond donors (Lipinski definition) is 0. The summed E-state index contributed by atoms with van der Waals surface area (Å²) in [5.74, 6) is 0.428. The quantitative estimate of drug-likeness (QED) is 0.175. The molecule has 0 atom stereocenters. The van der Waals surface area contributed by atoms with E-state index >= 15 is 0 Å². The first-order valence-corrected chi connectivity index (χ1v) is 18.0. The van der Waals surface area contributed by atoms with Gasteiger partial charge in [0.15, 0.2) is 5.58 Å². The number of hydrogen-bond acceptors (Lipinski definition) is 3. The summed E-state index contributed by atoms with van der Waals surface area (Å²) < 4.78 is 13.6. The molecule has 0 fully saturated rings. The predicted molar refractivity (Wildman–Crippen MR) is 220 cm³/mol. The Hall–Kier alpha value is -6.58. The maximum Gasteiger partial charge on any atom is 0.159 e. The van der Waals surface area contributed by atoms with Crippen molar-refractivity contribution in [1.82, 2.24) is 0 Å². The molecule has 246 valence electrons. The fourth-order valence-electron chi connectivity index (χ4n) is 8.61. The SMILES string of the molecule is CC(C)c1ccc(N(c2cc3oc4ccc5c6ccccc6c6ccccc6c5c4c3c3ccccc23)c2cccc3c2oc2ccccc23)cc1. The van der Waals surface area contributed by atoms with Crippen LogP contribution in [0.25, 0.3) is 87.0 Å². The van der Waals surface area contributed by atoms with E-state index in [0.29, 0.717) is 5.92 Å². The molecular formula is C49H33NO2. The van der Waals surface area contributed by atoms with Crippen LogP contribution in [0.4, 0.5) is 17.1 Å². The Balaban J connectivity index is 1.27. The molecule has 0 aliphatic carbocycles. The molecule has 0 N–H and O–H groups in total. The van der Waals surface area contributed by atoms with Crippen molar-refractivity contribution < 1.29 is 8.83 Å². The van der Waals surface area contributed by atoms with E-state index in [4.69, 9.17) is 8.83 Å². The average Bonchev–Trinajstić information content (AvgIpc) is 3.77. The normalized spacial score (nSPS) is 12.2. The van der Waals surface area contributed by atoms with Gasteiger partial charge in [0.2, 0.25) is 0 Å². The lowest BCUT2D eigenvalue weighted by Crippen LogP contribution is -2.11. The summed E-state index contributed by atoms with van der Waals surface area (Å²) in [5.41, 5.74) is 7.85. The van der Waals surface area contributed by atoms with E-state index in [1.165, 1.54) is 37.9 Å². The van der Waals surface area contributed by atoms with Crippen LogP contribution in [0.1, 0.15) is 25.3 Å². The summed E-state index contributed by atoms with van der Waals surface area (Å²) >= 11 is 0. The summed E-state index contributed by atoms with van der Waals surface area (Å²) in [4.78, 5) is 2.35. The number of fused-ring (bicyclic) bond motifs is 15. The Morgan fingerprint density at radius 3 is 1.67 bits per heavy atom. The monoisotopic (exact) mass is 667 g/mol. The van der Waals surface area contributed by atoms with Crippen LogP contribution in [0.3, 0.4) is 0 Å².